The van der Waals surface area contributed by atoms with Crippen molar-refractivity contribution in [3.8, 4) is 11.5 Å². The smallest absolute Gasteiger partial charge is 0.235 e. The summed E-state index contributed by atoms with van der Waals surface area (Å²) in [6.45, 7) is 2.42. The number of hydrogen-bond donors (Lipinski definition) is 3. The third-order valence-corrected chi connectivity index (χ3v) is 7.66. The third kappa shape index (κ3) is 3.58. The maximum Gasteiger partial charge on any atom is 0.235 e. The average Bonchev–Trinajstić information content (AvgIpc) is 2.77. The van der Waals surface area contributed by atoms with Crippen molar-refractivity contribution in [1.82, 2.24) is 4.90 Å². The third-order valence-electron chi connectivity index (χ3n) is 7.66. The quantitative estimate of drug-likeness (QED) is 0.372. The molecule has 6 atom stereocenters. The molecule has 4 N–H and O–H groups in total. The molecule has 0 aromatic heterocycles. The average molecular weight is 487 g/mol. The number of phenolic OH excluding ortho intramolecular Hbond substituents is 1. The van der Waals surface area contributed by atoms with Gasteiger partial charge in [0.05, 0.1) is 24.1 Å². The number of ether oxygens (including phenoxy) is 1. The highest BCUT2D eigenvalue weighted by Crippen LogP contribution is 2.51. The van der Waals surface area contributed by atoms with Crippen LogP contribution in [0.3, 0.4) is 0 Å². The molecule has 1 amide bonds. The molecule has 0 bridgehead atoms. The Balaban J connectivity index is 1.81. The minimum Gasteiger partial charge on any atom is -0.507 e. The fraction of sp³-hybridized carbons (Fsp3) is 0.560. The molecule has 0 spiro atoms. The van der Waals surface area contributed by atoms with Crippen LogP contribution in [0.5, 0.6) is 11.5 Å². The molecule has 188 valence electrons. The van der Waals surface area contributed by atoms with Crippen LogP contribution in [0.25, 0.3) is 0 Å². The van der Waals surface area contributed by atoms with Gasteiger partial charge in [0.15, 0.2) is 34.7 Å². The van der Waals surface area contributed by atoms with Gasteiger partial charge in [0.25, 0.3) is 0 Å². The molecular formula is C25H30N2O8. The lowest BCUT2D eigenvalue weighted by atomic mass is 9.52. The molecule has 3 aliphatic rings. The Morgan fingerprint density at radius 2 is 1.89 bits per heavy atom. The Bertz CT molecular complexity index is 1130. The second kappa shape index (κ2) is 8.83. The fourth-order valence-corrected chi connectivity index (χ4v) is 6.04. The van der Waals surface area contributed by atoms with Crippen molar-refractivity contribution >= 4 is 29.0 Å². The van der Waals surface area contributed by atoms with E-state index in [0.29, 0.717) is 17.9 Å². The molecule has 1 aromatic carbocycles. The van der Waals surface area contributed by atoms with E-state index in [4.69, 9.17) is 10.5 Å². The molecule has 10 heteroatoms. The van der Waals surface area contributed by atoms with E-state index in [1.807, 2.05) is 6.92 Å². The lowest BCUT2D eigenvalue weighted by Crippen LogP contribution is -2.74. The zero-order valence-corrected chi connectivity index (χ0v) is 19.9. The van der Waals surface area contributed by atoms with Gasteiger partial charge < -0.3 is 20.7 Å². The predicted molar refractivity (Wildman–Crippen MR) is 122 cm³/mol. The Hall–Kier alpha value is -3.11. The van der Waals surface area contributed by atoms with Crippen LogP contribution in [-0.2, 0) is 25.6 Å². The summed E-state index contributed by atoms with van der Waals surface area (Å²) in [5.74, 6) is -10.1. The number of phenols is 1. The van der Waals surface area contributed by atoms with Crippen LogP contribution in [0.15, 0.2) is 12.1 Å². The number of nitrogens with zero attached hydrogens (tertiary/aromatic N) is 1. The second-order valence-corrected chi connectivity index (χ2v) is 9.93. The van der Waals surface area contributed by atoms with Gasteiger partial charge in [-0.15, -0.1) is 0 Å². The molecule has 0 heterocycles. The highest BCUT2D eigenvalue weighted by molar-refractivity contribution is 6.32. The first kappa shape index (κ1) is 25.0. The summed E-state index contributed by atoms with van der Waals surface area (Å²) in [6.07, 6.45) is 1.88. The maximum atomic E-state index is 13.7. The van der Waals surface area contributed by atoms with Gasteiger partial charge in [-0.05, 0) is 51.4 Å². The maximum absolute atomic E-state index is 13.7. The first-order valence-electron chi connectivity index (χ1n) is 11.8. The van der Waals surface area contributed by atoms with Crippen molar-refractivity contribution in [1.29, 1.82) is 0 Å². The summed E-state index contributed by atoms with van der Waals surface area (Å²) >= 11 is 0. The van der Waals surface area contributed by atoms with E-state index < -0.39 is 64.4 Å². The molecule has 2 fully saturated rings. The van der Waals surface area contributed by atoms with Crippen LogP contribution in [0.2, 0.25) is 0 Å². The van der Waals surface area contributed by atoms with Gasteiger partial charge in [-0.3, -0.25) is 28.9 Å². The normalized spacial score (nSPS) is 32.2. The first-order valence-corrected chi connectivity index (χ1v) is 11.8. The molecule has 4 rings (SSSR count). The summed E-state index contributed by atoms with van der Waals surface area (Å²) in [7, 11) is 3.10. The highest BCUT2D eigenvalue weighted by atomic mass is 16.5. The number of rotatable bonds is 6. The van der Waals surface area contributed by atoms with Gasteiger partial charge >= 0.3 is 0 Å². The second-order valence-electron chi connectivity index (χ2n) is 9.93. The van der Waals surface area contributed by atoms with E-state index in [0.717, 1.165) is 12.8 Å². The van der Waals surface area contributed by atoms with Crippen LogP contribution < -0.4 is 10.5 Å². The summed E-state index contributed by atoms with van der Waals surface area (Å²) in [4.78, 5) is 67.0. The van der Waals surface area contributed by atoms with Crippen LogP contribution in [0, 0.1) is 23.7 Å². The molecule has 0 radical (unpaired) electrons. The number of benzene rings is 1. The Labute approximate surface area is 202 Å². The molecule has 0 saturated heterocycles. The Morgan fingerprint density at radius 1 is 1.20 bits per heavy atom. The standard InChI is InChI=1S/C25H30N2O8/c1-4-5-8-35-15-7-6-14(28)17-12(15)9-11-10-13-19(27(2)3)21(30)18(24(26)33)23(32)25(13,34)22(31)16(11)20(17)29/h6-7,11,13,16,18-19,28,34H,4-5,8-10H2,1-3H3,(H2,26,33)/t11?,13?,16?,18?,19-,25-/m0/s1. The van der Waals surface area contributed by atoms with Gasteiger partial charge in [0.1, 0.15) is 11.5 Å². The number of amides is 1. The monoisotopic (exact) mass is 486 g/mol. The molecule has 2 saturated carbocycles. The number of ketones is 4. The molecule has 0 aliphatic heterocycles. The van der Waals surface area contributed by atoms with Crippen LogP contribution in [0.4, 0.5) is 0 Å². The van der Waals surface area contributed by atoms with Crippen molar-refractivity contribution in [3.05, 3.63) is 23.3 Å². The zero-order chi connectivity index (χ0) is 25.8. The number of nitrogens with two attached hydrogens (primary N) is 1. The minimum absolute atomic E-state index is 0.00789. The first-order chi connectivity index (χ1) is 16.5. The number of aliphatic hydroxyl groups is 1. The summed E-state index contributed by atoms with van der Waals surface area (Å²) in [5, 5.41) is 22.0. The van der Waals surface area contributed by atoms with Crippen molar-refractivity contribution in [2.75, 3.05) is 20.7 Å². The molecule has 3 aliphatic carbocycles. The van der Waals surface area contributed by atoms with E-state index in [1.54, 1.807) is 20.2 Å². The van der Waals surface area contributed by atoms with Gasteiger partial charge in [0.2, 0.25) is 5.91 Å². The van der Waals surface area contributed by atoms with Crippen molar-refractivity contribution in [3.63, 3.8) is 0 Å². The number of aromatic hydroxyl groups is 1. The molecule has 4 unspecified atom stereocenters. The topological polar surface area (TPSA) is 164 Å². The highest BCUT2D eigenvalue weighted by Gasteiger charge is 2.69. The number of fused-ring (bicyclic) bond motifs is 3. The van der Waals surface area contributed by atoms with Crippen LogP contribution >= 0.6 is 0 Å². The fourth-order valence-electron chi connectivity index (χ4n) is 6.04. The number of carbonyl (C=O) groups is 5. The largest absolute Gasteiger partial charge is 0.507 e. The lowest BCUT2D eigenvalue weighted by Gasteiger charge is -2.52. The van der Waals surface area contributed by atoms with E-state index in [1.165, 1.54) is 11.0 Å². The summed E-state index contributed by atoms with van der Waals surface area (Å²) in [6, 6.07) is 1.77. The van der Waals surface area contributed by atoms with E-state index in [2.05, 4.69) is 0 Å². The number of likely N-dealkylation sites (N-methyl/N-ethyl adjacent to an activating group) is 1. The number of primary amides is 1. The van der Waals surface area contributed by atoms with Gasteiger partial charge in [-0.25, -0.2) is 0 Å². The number of unbranched alkanes of at least 4 members (excludes halogenated alkanes) is 1. The summed E-state index contributed by atoms with van der Waals surface area (Å²) < 4.78 is 5.85. The predicted octanol–water partition coefficient (Wildman–Crippen LogP) is 0.0459. The lowest BCUT2D eigenvalue weighted by molar-refractivity contribution is -0.181. The van der Waals surface area contributed by atoms with Crippen molar-refractivity contribution < 1.29 is 38.9 Å². The Morgan fingerprint density at radius 3 is 2.49 bits per heavy atom. The van der Waals surface area contributed by atoms with E-state index in [9.17, 15) is 34.2 Å². The molecule has 35 heavy (non-hydrogen) atoms. The summed E-state index contributed by atoms with van der Waals surface area (Å²) in [5.41, 5.74) is 2.99. The van der Waals surface area contributed by atoms with E-state index in [-0.39, 0.29) is 24.2 Å². The molecular weight excluding hydrogens is 456 g/mol. The van der Waals surface area contributed by atoms with Crippen LogP contribution in [0.1, 0.15) is 42.1 Å². The Kier molecular flexibility index (Phi) is 6.31. The number of Topliss-reactive ketones (excluding diaryl/α,β-unsaturated/α-hetero) is 4. The SMILES string of the molecule is CCCCOc1ccc(O)c2c1CC1CC3[C@H](N(C)C)C(=O)C(C(N)=O)C(=O)[C@@]3(O)C(=O)C1C2=O. The van der Waals surface area contributed by atoms with Gasteiger partial charge in [-0.1, -0.05) is 13.3 Å². The van der Waals surface area contributed by atoms with Crippen LogP contribution in [-0.4, -0.2) is 76.5 Å². The number of hydrogen-bond acceptors (Lipinski definition) is 9. The zero-order valence-electron chi connectivity index (χ0n) is 19.9. The number of carbonyl (C=O) groups excluding carboxylic acids is 5. The van der Waals surface area contributed by atoms with Crippen molar-refractivity contribution in [2.24, 2.45) is 29.4 Å². The van der Waals surface area contributed by atoms with Gasteiger partial charge in [0, 0.05) is 11.5 Å². The molecule has 1 aromatic rings. The minimum atomic E-state index is -2.72. The molecule has 10 nitrogen and oxygen atoms in total. The van der Waals surface area contributed by atoms with Gasteiger partial charge in [-0.2, -0.15) is 0 Å². The van der Waals surface area contributed by atoms with Crippen molar-refractivity contribution in [2.45, 2.75) is 44.2 Å². The van der Waals surface area contributed by atoms with E-state index >= 15 is 0 Å².